The highest BCUT2D eigenvalue weighted by Crippen LogP contribution is 2.22. The third kappa shape index (κ3) is 2.51. The standard InChI is InChI=1S/C10H16O/c1-3-4-9-5-7-10(2,11)8-6-9/h5-7,11H,3-4,8H2,1-2H3. The van der Waals surface area contributed by atoms with Gasteiger partial charge in [0.25, 0.3) is 0 Å². The fourth-order valence-electron chi connectivity index (χ4n) is 1.23. The summed E-state index contributed by atoms with van der Waals surface area (Å²) >= 11 is 0. The first-order chi connectivity index (χ1) is 5.14. The van der Waals surface area contributed by atoms with Gasteiger partial charge in [0, 0.05) is 0 Å². The smallest absolute Gasteiger partial charge is 0.0837 e. The maximum atomic E-state index is 9.53. The number of hydrogen-bond donors (Lipinski definition) is 1. The highest BCUT2D eigenvalue weighted by Gasteiger charge is 2.17. The number of hydrogen-bond acceptors (Lipinski definition) is 1. The molecule has 0 spiro atoms. The van der Waals surface area contributed by atoms with Crippen LogP contribution in [-0.2, 0) is 0 Å². The second kappa shape index (κ2) is 3.22. The van der Waals surface area contributed by atoms with Crippen LogP contribution >= 0.6 is 0 Å². The summed E-state index contributed by atoms with van der Waals surface area (Å²) in [5.74, 6) is 0. The summed E-state index contributed by atoms with van der Waals surface area (Å²) in [6, 6.07) is 0. The van der Waals surface area contributed by atoms with E-state index in [2.05, 4.69) is 13.0 Å². The van der Waals surface area contributed by atoms with E-state index in [0.29, 0.717) is 0 Å². The van der Waals surface area contributed by atoms with Crippen molar-refractivity contribution in [1.82, 2.24) is 0 Å². The Hall–Kier alpha value is -0.560. The van der Waals surface area contributed by atoms with E-state index in [4.69, 9.17) is 0 Å². The van der Waals surface area contributed by atoms with Crippen molar-refractivity contribution in [2.24, 2.45) is 0 Å². The minimum atomic E-state index is -0.600. The van der Waals surface area contributed by atoms with Gasteiger partial charge in [0.1, 0.15) is 0 Å². The van der Waals surface area contributed by atoms with Crippen molar-refractivity contribution in [3.8, 4) is 0 Å². The van der Waals surface area contributed by atoms with Crippen LogP contribution in [0.3, 0.4) is 0 Å². The zero-order chi connectivity index (χ0) is 8.32. The van der Waals surface area contributed by atoms with Gasteiger partial charge >= 0.3 is 0 Å². The van der Waals surface area contributed by atoms with E-state index < -0.39 is 5.60 Å². The SMILES string of the molecule is CCCC1=CCC(C)(O)C=C1. The lowest BCUT2D eigenvalue weighted by Crippen LogP contribution is -2.21. The highest BCUT2D eigenvalue weighted by molar-refractivity contribution is 5.26. The molecule has 62 valence electrons. The molecule has 11 heavy (non-hydrogen) atoms. The van der Waals surface area contributed by atoms with Crippen molar-refractivity contribution < 1.29 is 5.11 Å². The lowest BCUT2D eigenvalue weighted by atomic mass is 9.92. The average molecular weight is 152 g/mol. The lowest BCUT2D eigenvalue weighted by molar-refractivity contribution is 0.113. The molecule has 0 radical (unpaired) electrons. The summed E-state index contributed by atoms with van der Waals surface area (Å²) in [6.07, 6.45) is 9.12. The fourth-order valence-corrected chi connectivity index (χ4v) is 1.23. The molecule has 0 amide bonds. The van der Waals surface area contributed by atoms with Gasteiger partial charge in [0.15, 0.2) is 0 Å². The van der Waals surface area contributed by atoms with E-state index in [1.807, 2.05) is 19.1 Å². The number of aliphatic hydroxyl groups is 1. The Labute approximate surface area is 68.4 Å². The van der Waals surface area contributed by atoms with Gasteiger partial charge in [-0.2, -0.15) is 0 Å². The van der Waals surface area contributed by atoms with Gasteiger partial charge in [-0.15, -0.1) is 0 Å². The van der Waals surface area contributed by atoms with Crippen LogP contribution in [0, 0.1) is 0 Å². The van der Waals surface area contributed by atoms with Gasteiger partial charge in [0.05, 0.1) is 5.60 Å². The third-order valence-electron chi connectivity index (χ3n) is 1.97. The Kier molecular flexibility index (Phi) is 2.50. The molecule has 0 aliphatic heterocycles. The summed E-state index contributed by atoms with van der Waals surface area (Å²) < 4.78 is 0. The van der Waals surface area contributed by atoms with Crippen molar-refractivity contribution in [2.75, 3.05) is 0 Å². The molecule has 0 aromatic carbocycles. The Morgan fingerprint density at radius 2 is 2.36 bits per heavy atom. The van der Waals surface area contributed by atoms with Gasteiger partial charge in [-0.3, -0.25) is 0 Å². The first-order valence-corrected chi connectivity index (χ1v) is 4.25. The van der Waals surface area contributed by atoms with Crippen LogP contribution < -0.4 is 0 Å². The second-order valence-corrected chi connectivity index (χ2v) is 3.42. The zero-order valence-corrected chi connectivity index (χ0v) is 7.30. The Bertz CT molecular complexity index is 187. The van der Waals surface area contributed by atoms with Crippen molar-refractivity contribution in [3.63, 3.8) is 0 Å². The molecule has 1 heteroatoms. The van der Waals surface area contributed by atoms with Crippen molar-refractivity contribution in [1.29, 1.82) is 0 Å². The van der Waals surface area contributed by atoms with Gasteiger partial charge in [-0.1, -0.05) is 37.1 Å². The number of rotatable bonds is 2. The molecule has 0 saturated heterocycles. The van der Waals surface area contributed by atoms with E-state index in [9.17, 15) is 5.11 Å². The molecule has 0 aromatic heterocycles. The monoisotopic (exact) mass is 152 g/mol. The molecular weight excluding hydrogens is 136 g/mol. The third-order valence-corrected chi connectivity index (χ3v) is 1.97. The van der Waals surface area contributed by atoms with Gasteiger partial charge < -0.3 is 5.11 Å². The van der Waals surface area contributed by atoms with Crippen molar-refractivity contribution >= 4 is 0 Å². The van der Waals surface area contributed by atoms with E-state index in [0.717, 1.165) is 12.8 Å². The van der Waals surface area contributed by atoms with Crippen LogP contribution in [0.4, 0.5) is 0 Å². The fraction of sp³-hybridized carbons (Fsp3) is 0.600. The molecule has 1 nitrogen and oxygen atoms in total. The molecular formula is C10H16O. The quantitative estimate of drug-likeness (QED) is 0.644. The molecule has 0 aromatic rings. The molecule has 1 unspecified atom stereocenters. The van der Waals surface area contributed by atoms with Gasteiger partial charge in [-0.25, -0.2) is 0 Å². The predicted octanol–water partition coefficient (Wildman–Crippen LogP) is 2.42. The Morgan fingerprint density at radius 1 is 1.64 bits per heavy atom. The van der Waals surface area contributed by atoms with E-state index >= 15 is 0 Å². The Balaban J connectivity index is 2.53. The average Bonchev–Trinajstić information content (AvgIpc) is 1.94. The van der Waals surface area contributed by atoms with Crippen molar-refractivity contribution in [3.05, 3.63) is 23.8 Å². The molecule has 1 aliphatic carbocycles. The maximum absolute atomic E-state index is 9.53. The van der Waals surface area contributed by atoms with Crippen LogP contribution in [-0.4, -0.2) is 10.7 Å². The molecule has 0 saturated carbocycles. The van der Waals surface area contributed by atoms with E-state index in [1.165, 1.54) is 12.0 Å². The molecule has 1 rings (SSSR count). The van der Waals surface area contributed by atoms with Crippen LogP contribution in [0.15, 0.2) is 23.8 Å². The van der Waals surface area contributed by atoms with E-state index in [1.54, 1.807) is 0 Å². The van der Waals surface area contributed by atoms with E-state index in [-0.39, 0.29) is 0 Å². The zero-order valence-electron chi connectivity index (χ0n) is 7.30. The molecule has 0 fully saturated rings. The summed E-state index contributed by atoms with van der Waals surface area (Å²) in [5, 5.41) is 9.53. The van der Waals surface area contributed by atoms with Crippen LogP contribution in [0.1, 0.15) is 33.1 Å². The molecule has 0 heterocycles. The lowest BCUT2D eigenvalue weighted by Gasteiger charge is -2.21. The summed E-state index contributed by atoms with van der Waals surface area (Å²) in [4.78, 5) is 0. The topological polar surface area (TPSA) is 20.2 Å². The number of allylic oxidation sites excluding steroid dienone is 2. The summed E-state index contributed by atoms with van der Waals surface area (Å²) in [5.41, 5.74) is 0.760. The molecule has 1 aliphatic rings. The minimum absolute atomic E-state index is 0.600. The molecule has 1 atom stereocenters. The van der Waals surface area contributed by atoms with Crippen LogP contribution in [0.2, 0.25) is 0 Å². The second-order valence-electron chi connectivity index (χ2n) is 3.42. The van der Waals surface area contributed by atoms with Gasteiger partial charge in [0.2, 0.25) is 0 Å². The first-order valence-electron chi connectivity index (χ1n) is 4.25. The minimum Gasteiger partial charge on any atom is -0.386 e. The molecule has 0 bridgehead atoms. The Morgan fingerprint density at radius 3 is 2.82 bits per heavy atom. The summed E-state index contributed by atoms with van der Waals surface area (Å²) in [7, 11) is 0. The highest BCUT2D eigenvalue weighted by atomic mass is 16.3. The first kappa shape index (κ1) is 8.54. The summed E-state index contributed by atoms with van der Waals surface area (Å²) in [6.45, 7) is 4.00. The van der Waals surface area contributed by atoms with Crippen molar-refractivity contribution in [2.45, 2.75) is 38.7 Å². The normalized spacial score (nSPS) is 30.3. The predicted molar refractivity (Wildman–Crippen MR) is 47.4 cm³/mol. The largest absolute Gasteiger partial charge is 0.386 e. The van der Waals surface area contributed by atoms with Crippen LogP contribution in [0.25, 0.3) is 0 Å². The molecule has 1 N–H and O–H groups in total. The van der Waals surface area contributed by atoms with Gasteiger partial charge in [-0.05, 0) is 19.8 Å². The maximum Gasteiger partial charge on any atom is 0.0837 e. The van der Waals surface area contributed by atoms with Crippen LogP contribution in [0.5, 0.6) is 0 Å².